The molecule has 1 aromatic carbocycles. The molecule has 8 heteroatoms. The van der Waals surface area contributed by atoms with E-state index in [1.54, 1.807) is 16.9 Å². The summed E-state index contributed by atoms with van der Waals surface area (Å²) in [6.45, 7) is 4.73. The fourth-order valence-electron chi connectivity index (χ4n) is 4.30. The summed E-state index contributed by atoms with van der Waals surface area (Å²) >= 11 is 0. The van der Waals surface area contributed by atoms with E-state index in [1.807, 2.05) is 49.9 Å². The molecule has 0 spiro atoms. The highest BCUT2D eigenvalue weighted by Crippen LogP contribution is 2.36. The summed E-state index contributed by atoms with van der Waals surface area (Å²) in [5.41, 5.74) is 4.08. The van der Waals surface area contributed by atoms with E-state index in [0.717, 1.165) is 41.9 Å². The molecule has 0 aliphatic carbocycles. The van der Waals surface area contributed by atoms with Gasteiger partial charge in [0.05, 0.1) is 17.4 Å². The van der Waals surface area contributed by atoms with E-state index < -0.39 is 0 Å². The van der Waals surface area contributed by atoms with E-state index in [9.17, 15) is 9.18 Å². The molecule has 1 atom stereocenters. The Morgan fingerprint density at radius 1 is 1.22 bits per heavy atom. The maximum Gasteiger partial charge on any atom is 0.244 e. The predicted molar refractivity (Wildman–Crippen MR) is 122 cm³/mol. The maximum absolute atomic E-state index is 14.0. The molecule has 1 aliphatic rings. The third-order valence-electron chi connectivity index (χ3n) is 5.87. The first-order valence-corrected chi connectivity index (χ1v) is 10.9. The van der Waals surface area contributed by atoms with Crippen molar-refractivity contribution in [2.24, 2.45) is 0 Å². The standard InChI is InChI=1S/C24H29FN6O/c1-16-12-17(2)31(28-16)15-22(32)30-11-6-5-10-21(30)23-20(14-26-24(27-23)29(3)4)18-8-7-9-19(25)13-18/h7-9,12-14,21H,5-6,10-11,15H2,1-4H3/t21-/m0/s1. The second-order valence-corrected chi connectivity index (χ2v) is 8.56. The summed E-state index contributed by atoms with van der Waals surface area (Å²) in [5.74, 6) is 0.263. The van der Waals surface area contributed by atoms with Gasteiger partial charge >= 0.3 is 0 Å². The molecule has 1 saturated heterocycles. The third-order valence-corrected chi connectivity index (χ3v) is 5.87. The van der Waals surface area contributed by atoms with Crippen molar-refractivity contribution < 1.29 is 9.18 Å². The zero-order valence-electron chi connectivity index (χ0n) is 19.0. The van der Waals surface area contributed by atoms with Gasteiger partial charge in [0.1, 0.15) is 12.4 Å². The van der Waals surface area contributed by atoms with E-state index in [-0.39, 0.29) is 24.3 Å². The number of aromatic nitrogens is 4. The van der Waals surface area contributed by atoms with Gasteiger partial charge in [0.2, 0.25) is 11.9 Å². The molecular weight excluding hydrogens is 407 g/mol. The summed E-state index contributed by atoms with van der Waals surface area (Å²) in [6, 6.07) is 8.21. The molecule has 2 aromatic heterocycles. The van der Waals surface area contributed by atoms with Gasteiger partial charge in [0, 0.05) is 38.1 Å². The average molecular weight is 437 g/mol. The molecule has 1 fully saturated rings. The predicted octanol–water partition coefficient (Wildman–Crippen LogP) is 3.92. The van der Waals surface area contributed by atoms with E-state index in [1.165, 1.54) is 12.1 Å². The van der Waals surface area contributed by atoms with Crippen LogP contribution in [0.25, 0.3) is 11.1 Å². The lowest BCUT2D eigenvalue weighted by atomic mass is 9.93. The molecule has 0 bridgehead atoms. The van der Waals surface area contributed by atoms with Gasteiger partial charge in [-0.15, -0.1) is 0 Å². The van der Waals surface area contributed by atoms with E-state index in [4.69, 9.17) is 4.98 Å². The highest BCUT2D eigenvalue weighted by molar-refractivity contribution is 5.77. The van der Waals surface area contributed by atoms with Crippen LogP contribution in [0.1, 0.15) is 42.4 Å². The van der Waals surface area contributed by atoms with Crippen molar-refractivity contribution in [2.45, 2.75) is 45.7 Å². The maximum atomic E-state index is 14.0. The Balaban J connectivity index is 1.74. The Morgan fingerprint density at radius 2 is 2.03 bits per heavy atom. The molecule has 0 unspecified atom stereocenters. The third kappa shape index (κ3) is 4.49. The van der Waals surface area contributed by atoms with E-state index in [0.29, 0.717) is 18.1 Å². The smallest absolute Gasteiger partial charge is 0.244 e. The summed E-state index contributed by atoms with van der Waals surface area (Å²) in [4.78, 5) is 26.4. The van der Waals surface area contributed by atoms with Gasteiger partial charge in [0.15, 0.2) is 0 Å². The minimum atomic E-state index is -0.314. The number of amides is 1. The molecule has 3 aromatic rings. The van der Waals surface area contributed by atoms with Crippen LogP contribution in [0.2, 0.25) is 0 Å². The number of aryl methyl sites for hydroxylation is 2. The number of rotatable bonds is 5. The summed E-state index contributed by atoms with van der Waals surface area (Å²) in [5, 5.41) is 4.45. The number of carbonyl (C=O) groups excluding carboxylic acids is 1. The Hall–Kier alpha value is -3.29. The van der Waals surface area contributed by atoms with Crippen LogP contribution >= 0.6 is 0 Å². The summed E-state index contributed by atoms with van der Waals surface area (Å²) in [7, 11) is 3.77. The SMILES string of the molecule is Cc1cc(C)n(CC(=O)N2CCCC[C@H]2c2nc(N(C)C)ncc2-c2cccc(F)c2)n1. The van der Waals surface area contributed by atoms with Crippen molar-refractivity contribution in [2.75, 3.05) is 25.5 Å². The van der Waals surface area contributed by atoms with Crippen molar-refractivity contribution in [1.29, 1.82) is 0 Å². The van der Waals surface area contributed by atoms with Crippen molar-refractivity contribution in [3.05, 3.63) is 59.4 Å². The number of carbonyl (C=O) groups is 1. The number of anilines is 1. The van der Waals surface area contributed by atoms with Crippen LogP contribution in [0.5, 0.6) is 0 Å². The Morgan fingerprint density at radius 3 is 2.72 bits per heavy atom. The average Bonchev–Trinajstić information content (AvgIpc) is 3.09. The van der Waals surface area contributed by atoms with Gasteiger partial charge in [0.25, 0.3) is 0 Å². The van der Waals surface area contributed by atoms with Crippen molar-refractivity contribution in [3.8, 4) is 11.1 Å². The molecule has 32 heavy (non-hydrogen) atoms. The molecule has 168 valence electrons. The van der Waals surface area contributed by atoms with Crippen molar-refractivity contribution in [3.63, 3.8) is 0 Å². The fraction of sp³-hybridized carbons (Fsp3) is 0.417. The molecule has 0 saturated carbocycles. The van der Waals surface area contributed by atoms with Gasteiger partial charge in [-0.3, -0.25) is 9.48 Å². The number of hydrogen-bond acceptors (Lipinski definition) is 5. The van der Waals surface area contributed by atoms with Crippen LogP contribution in [-0.4, -0.2) is 51.2 Å². The lowest BCUT2D eigenvalue weighted by Gasteiger charge is -2.36. The zero-order valence-corrected chi connectivity index (χ0v) is 19.0. The van der Waals surface area contributed by atoms with Gasteiger partial charge in [-0.1, -0.05) is 12.1 Å². The van der Waals surface area contributed by atoms with Crippen LogP contribution in [-0.2, 0) is 11.3 Å². The quantitative estimate of drug-likeness (QED) is 0.607. The summed E-state index contributed by atoms with van der Waals surface area (Å²) in [6.07, 6.45) is 4.48. The van der Waals surface area contributed by atoms with Gasteiger partial charge < -0.3 is 9.80 Å². The monoisotopic (exact) mass is 436 g/mol. The number of likely N-dealkylation sites (tertiary alicyclic amines) is 1. The van der Waals surface area contributed by atoms with E-state index in [2.05, 4.69) is 10.1 Å². The Kier molecular flexibility index (Phi) is 6.21. The number of piperidine rings is 1. The normalized spacial score (nSPS) is 16.3. The molecule has 1 aliphatic heterocycles. The zero-order chi connectivity index (χ0) is 22.8. The van der Waals surface area contributed by atoms with Crippen molar-refractivity contribution >= 4 is 11.9 Å². The summed E-state index contributed by atoms with van der Waals surface area (Å²) < 4.78 is 15.8. The fourth-order valence-corrected chi connectivity index (χ4v) is 4.30. The van der Waals surface area contributed by atoms with Gasteiger partial charge in [-0.2, -0.15) is 5.10 Å². The largest absolute Gasteiger partial charge is 0.347 e. The Bertz CT molecular complexity index is 1130. The number of halogens is 1. The minimum absolute atomic E-state index is 0.0103. The second-order valence-electron chi connectivity index (χ2n) is 8.56. The molecule has 0 N–H and O–H groups in total. The van der Waals surface area contributed by atoms with Crippen molar-refractivity contribution in [1.82, 2.24) is 24.6 Å². The highest BCUT2D eigenvalue weighted by Gasteiger charge is 2.32. The first-order chi connectivity index (χ1) is 15.3. The lowest BCUT2D eigenvalue weighted by Crippen LogP contribution is -2.41. The highest BCUT2D eigenvalue weighted by atomic mass is 19.1. The second kappa shape index (κ2) is 9.06. The van der Waals surface area contributed by atoms with E-state index >= 15 is 0 Å². The lowest BCUT2D eigenvalue weighted by molar-refractivity contribution is -0.136. The number of benzene rings is 1. The topological polar surface area (TPSA) is 67.2 Å². The Labute approximate surface area is 187 Å². The van der Waals surface area contributed by atoms with Crippen LogP contribution in [0.4, 0.5) is 10.3 Å². The first kappa shape index (κ1) is 21.9. The molecule has 7 nitrogen and oxygen atoms in total. The van der Waals surface area contributed by atoms with Crippen LogP contribution in [0.3, 0.4) is 0 Å². The molecule has 4 rings (SSSR count). The van der Waals surface area contributed by atoms with Gasteiger partial charge in [-0.05, 0) is 56.9 Å². The van der Waals surface area contributed by atoms with Gasteiger partial charge in [-0.25, -0.2) is 14.4 Å². The minimum Gasteiger partial charge on any atom is -0.347 e. The van der Waals surface area contributed by atoms with Crippen LogP contribution < -0.4 is 4.90 Å². The molecule has 3 heterocycles. The number of nitrogens with zero attached hydrogens (tertiary/aromatic N) is 6. The molecule has 0 radical (unpaired) electrons. The first-order valence-electron chi connectivity index (χ1n) is 10.9. The molecule has 1 amide bonds. The molecular formula is C24H29FN6O. The van der Waals surface area contributed by atoms with Crippen LogP contribution in [0.15, 0.2) is 36.5 Å². The number of hydrogen-bond donors (Lipinski definition) is 0. The van der Waals surface area contributed by atoms with Crippen LogP contribution in [0, 0.1) is 19.7 Å².